The van der Waals surface area contributed by atoms with Gasteiger partial charge in [-0.3, -0.25) is 9.59 Å². The third-order valence-electron chi connectivity index (χ3n) is 5.85. The molecule has 0 saturated carbocycles. The summed E-state index contributed by atoms with van der Waals surface area (Å²) in [5, 5.41) is 12.2. The van der Waals surface area contributed by atoms with Crippen molar-refractivity contribution in [2.45, 2.75) is 78.9 Å². The molecule has 6 nitrogen and oxygen atoms in total. The summed E-state index contributed by atoms with van der Waals surface area (Å²) in [5.41, 5.74) is 3.65. The Morgan fingerprint density at radius 2 is 1.91 bits per heavy atom. The molecule has 0 aliphatic rings. The van der Waals surface area contributed by atoms with E-state index in [1.54, 1.807) is 46.8 Å². The van der Waals surface area contributed by atoms with E-state index >= 15 is 0 Å². The first-order chi connectivity index (χ1) is 16.0. The predicted octanol–water partition coefficient (Wildman–Crippen LogP) is 5.62. The maximum atomic E-state index is 12.7. The Labute approximate surface area is 214 Å². The molecule has 0 radical (unpaired) electrons. The van der Waals surface area contributed by atoms with Crippen molar-refractivity contribution < 1.29 is 14.7 Å². The molecule has 0 fully saturated rings. The molecule has 0 aliphatic carbocycles. The Bertz CT molecular complexity index is 808. The van der Waals surface area contributed by atoms with Crippen LogP contribution in [0.25, 0.3) is 0 Å². The molecule has 0 spiro atoms. The average Bonchev–Trinajstić information content (AvgIpc) is 3.27. The lowest BCUT2D eigenvalue weighted by atomic mass is 9.90. The Hall–Kier alpha value is -1.70. The molecule has 1 rings (SSSR count). The minimum atomic E-state index is -0.613. The molecule has 1 heterocycles. The Balaban J connectivity index is 2.39. The number of carbonyl (C=O) groups is 2. The number of amides is 2. The summed E-state index contributed by atoms with van der Waals surface area (Å²) in [6.45, 7) is 9.10. The summed E-state index contributed by atoms with van der Waals surface area (Å²) >= 11 is 7.61. The van der Waals surface area contributed by atoms with Gasteiger partial charge in [0, 0.05) is 43.3 Å². The zero-order chi connectivity index (χ0) is 25.7. The molecule has 0 aromatic carbocycles. The van der Waals surface area contributed by atoms with Gasteiger partial charge in [-0.2, -0.15) is 0 Å². The van der Waals surface area contributed by atoms with Gasteiger partial charge >= 0.3 is 0 Å². The fraction of sp³-hybridized carbons (Fsp3) is 0.654. The maximum absolute atomic E-state index is 12.7. The van der Waals surface area contributed by atoms with Crippen LogP contribution in [-0.4, -0.2) is 58.4 Å². The lowest BCUT2D eigenvalue weighted by Gasteiger charge is -2.20. The number of aliphatic hydroxyl groups excluding tert-OH is 1. The van der Waals surface area contributed by atoms with Crippen molar-refractivity contribution in [1.82, 2.24) is 14.8 Å². The van der Waals surface area contributed by atoms with Gasteiger partial charge in [0.25, 0.3) is 0 Å². The van der Waals surface area contributed by atoms with Crippen LogP contribution in [0.15, 0.2) is 34.3 Å². The fourth-order valence-corrected chi connectivity index (χ4v) is 4.85. The second kappa shape index (κ2) is 16.1. The van der Waals surface area contributed by atoms with E-state index in [4.69, 9.17) is 11.6 Å². The van der Waals surface area contributed by atoms with Crippen LogP contribution in [0.1, 0.15) is 71.2 Å². The lowest BCUT2D eigenvalue weighted by molar-refractivity contribution is -0.131. The van der Waals surface area contributed by atoms with E-state index in [-0.39, 0.29) is 18.2 Å². The molecule has 3 atom stereocenters. The second-order valence-corrected chi connectivity index (χ2v) is 10.7. The predicted molar refractivity (Wildman–Crippen MR) is 142 cm³/mol. The van der Waals surface area contributed by atoms with Gasteiger partial charge in [0.1, 0.15) is 5.01 Å². The molecule has 0 saturated heterocycles. The first-order valence-corrected chi connectivity index (χ1v) is 13.4. The highest BCUT2D eigenvalue weighted by Gasteiger charge is 2.15. The number of halogens is 1. The molecule has 1 aromatic rings. The van der Waals surface area contributed by atoms with Crippen LogP contribution < -0.4 is 0 Å². The van der Waals surface area contributed by atoms with Crippen molar-refractivity contribution in [3.63, 3.8) is 0 Å². The van der Waals surface area contributed by atoms with Gasteiger partial charge in [-0.1, -0.05) is 37.1 Å². The highest BCUT2D eigenvalue weighted by atomic mass is 35.5. The normalized spacial score (nSPS) is 15.1. The quantitative estimate of drug-likeness (QED) is 0.310. The molecule has 1 N–H and O–H groups in total. The molecular formula is C26H42ClN3O3S. The summed E-state index contributed by atoms with van der Waals surface area (Å²) in [6, 6.07) is 0. The van der Waals surface area contributed by atoms with Gasteiger partial charge in [-0.15, -0.1) is 11.3 Å². The van der Waals surface area contributed by atoms with Crippen LogP contribution in [0.3, 0.4) is 0 Å². The zero-order valence-corrected chi connectivity index (χ0v) is 23.2. The van der Waals surface area contributed by atoms with Crippen LogP contribution in [0, 0.1) is 11.8 Å². The van der Waals surface area contributed by atoms with Crippen molar-refractivity contribution in [3.8, 4) is 0 Å². The zero-order valence-electron chi connectivity index (χ0n) is 21.6. The number of likely N-dealkylation sites (N-methyl/N-ethyl adjacent to an activating group) is 1. The first-order valence-electron chi connectivity index (χ1n) is 12.1. The van der Waals surface area contributed by atoms with E-state index in [0.717, 1.165) is 42.7 Å². The highest BCUT2D eigenvalue weighted by molar-refractivity contribution is 7.09. The SMILES string of the molecule is C/C(=C/C(C)CC(C)CC/C(=C\Cl)CCCN(C)C(=O)CC(C)O)C(=O)N(C)Cc1nccs1. The van der Waals surface area contributed by atoms with Crippen molar-refractivity contribution in [1.29, 1.82) is 0 Å². The van der Waals surface area contributed by atoms with Crippen molar-refractivity contribution >= 4 is 34.8 Å². The number of thiazole rings is 1. The van der Waals surface area contributed by atoms with Crippen molar-refractivity contribution in [2.75, 3.05) is 20.6 Å². The number of aromatic nitrogens is 1. The second-order valence-electron chi connectivity index (χ2n) is 9.53. The van der Waals surface area contributed by atoms with Gasteiger partial charge in [0.05, 0.1) is 19.1 Å². The van der Waals surface area contributed by atoms with Crippen LogP contribution in [0.5, 0.6) is 0 Å². The first kappa shape index (κ1) is 30.3. The van der Waals surface area contributed by atoms with E-state index in [9.17, 15) is 14.7 Å². The average molecular weight is 512 g/mol. The molecule has 0 aliphatic heterocycles. The molecule has 3 unspecified atom stereocenters. The van der Waals surface area contributed by atoms with E-state index in [1.165, 1.54) is 5.57 Å². The molecule has 34 heavy (non-hydrogen) atoms. The number of nitrogens with zero attached hydrogens (tertiary/aromatic N) is 3. The summed E-state index contributed by atoms with van der Waals surface area (Å²) in [4.78, 5) is 32.2. The van der Waals surface area contributed by atoms with Crippen LogP contribution in [0.4, 0.5) is 0 Å². The third kappa shape index (κ3) is 12.1. The summed E-state index contributed by atoms with van der Waals surface area (Å²) in [7, 11) is 3.59. The summed E-state index contributed by atoms with van der Waals surface area (Å²) in [5.74, 6) is 0.817. The lowest BCUT2D eigenvalue weighted by Crippen LogP contribution is -2.30. The molecule has 1 aromatic heterocycles. The number of hydrogen-bond acceptors (Lipinski definition) is 5. The molecule has 192 valence electrons. The number of rotatable bonds is 15. The largest absolute Gasteiger partial charge is 0.393 e. The monoisotopic (exact) mass is 511 g/mol. The Morgan fingerprint density at radius 3 is 2.50 bits per heavy atom. The van der Waals surface area contributed by atoms with Gasteiger partial charge in [0.2, 0.25) is 11.8 Å². The summed E-state index contributed by atoms with van der Waals surface area (Å²) in [6.07, 6.45) is 8.06. The van der Waals surface area contributed by atoms with Gasteiger partial charge < -0.3 is 14.9 Å². The van der Waals surface area contributed by atoms with E-state index in [0.29, 0.717) is 24.9 Å². The van der Waals surface area contributed by atoms with Gasteiger partial charge in [-0.25, -0.2) is 4.98 Å². The highest BCUT2D eigenvalue weighted by Crippen LogP contribution is 2.23. The Kier molecular flexibility index (Phi) is 14.3. The number of aliphatic hydroxyl groups is 1. The van der Waals surface area contributed by atoms with Crippen LogP contribution >= 0.6 is 22.9 Å². The van der Waals surface area contributed by atoms with Crippen molar-refractivity contribution in [2.24, 2.45) is 11.8 Å². The smallest absolute Gasteiger partial charge is 0.249 e. The van der Waals surface area contributed by atoms with Gasteiger partial charge in [0.15, 0.2) is 0 Å². The topological polar surface area (TPSA) is 73.7 Å². The molecule has 8 heteroatoms. The number of hydrogen-bond donors (Lipinski definition) is 1. The van der Waals surface area contributed by atoms with Crippen LogP contribution in [-0.2, 0) is 16.1 Å². The van der Waals surface area contributed by atoms with E-state index in [1.807, 2.05) is 19.4 Å². The van der Waals surface area contributed by atoms with Crippen LogP contribution in [0.2, 0.25) is 0 Å². The van der Waals surface area contributed by atoms with E-state index in [2.05, 4.69) is 24.9 Å². The van der Waals surface area contributed by atoms with E-state index < -0.39 is 6.10 Å². The number of carbonyl (C=O) groups excluding carboxylic acids is 2. The standard InChI is InChI=1S/C26H42ClN3O3S/c1-19(9-10-23(17-27)8-7-12-29(5)25(32)16-22(4)31)14-20(2)15-21(3)26(33)30(6)18-24-28-11-13-34-24/h11,13,15,17,19-20,22,31H,7-10,12,14,16,18H2,1-6H3/b21-15-,23-17-. The summed E-state index contributed by atoms with van der Waals surface area (Å²) < 4.78 is 0. The maximum Gasteiger partial charge on any atom is 0.249 e. The van der Waals surface area contributed by atoms with Gasteiger partial charge in [-0.05, 0) is 57.8 Å². The van der Waals surface area contributed by atoms with Crippen molar-refractivity contribution in [3.05, 3.63) is 39.3 Å². The third-order valence-corrected chi connectivity index (χ3v) is 6.92. The molecular weight excluding hydrogens is 470 g/mol. The molecule has 2 amide bonds. The minimum absolute atomic E-state index is 0.0368. The number of allylic oxidation sites excluding steroid dienone is 2. The fourth-order valence-electron chi connectivity index (χ4n) is 3.97. The molecule has 0 bridgehead atoms. The minimum Gasteiger partial charge on any atom is -0.393 e. The Morgan fingerprint density at radius 1 is 1.21 bits per heavy atom.